The number of aliphatic imine (C=N–C) groups is 1. The molecule has 0 amide bonds. The molecule has 0 N–H and O–H groups in total. The molecule has 0 aliphatic rings. The van der Waals surface area contributed by atoms with Crippen molar-refractivity contribution in [3.8, 4) is 0 Å². The number of thiophene rings is 1. The Balaban J connectivity index is 1.70. The minimum absolute atomic E-state index is 0.00634. The molecule has 1 atom stereocenters. The Hall–Kier alpha value is -3.31. The highest BCUT2D eigenvalue weighted by molar-refractivity contribution is 7.17. The Kier molecular flexibility index (Phi) is 5.23. The Bertz CT molecular complexity index is 1310. The van der Waals surface area contributed by atoms with Gasteiger partial charge in [-0.15, -0.1) is 11.3 Å². The van der Waals surface area contributed by atoms with E-state index in [1.54, 1.807) is 28.2 Å². The smallest absolute Gasteiger partial charge is 0.260 e. The maximum atomic E-state index is 13.3. The summed E-state index contributed by atoms with van der Waals surface area (Å²) in [4.78, 5) is 21.8. The Morgan fingerprint density at radius 1 is 1.28 bits per heavy atom. The molecule has 1 unspecified atom stereocenters. The summed E-state index contributed by atoms with van der Waals surface area (Å²) in [5.41, 5.74) is 3.54. The topological polar surface area (TPSA) is 47.2 Å². The number of para-hydroxylation sites is 1. The molecule has 0 fully saturated rings. The molecule has 0 radical (unpaired) electrons. The number of pyridine rings is 2. The van der Waals surface area contributed by atoms with Crippen LogP contribution in [0.4, 0.5) is 0 Å². The fraction of sp³-hybridized carbons (Fsp3) is 0.125. The zero-order valence-electron chi connectivity index (χ0n) is 16.2. The predicted molar refractivity (Wildman–Crippen MR) is 124 cm³/mol. The lowest BCUT2D eigenvalue weighted by atomic mass is 10.1. The van der Waals surface area contributed by atoms with Crippen LogP contribution < -0.4 is 5.56 Å². The second kappa shape index (κ2) is 7.97. The van der Waals surface area contributed by atoms with E-state index in [0.717, 1.165) is 32.4 Å². The van der Waals surface area contributed by atoms with Gasteiger partial charge in [-0.25, -0.2) is 0 Å². The maximum absolute atomic E-state index is 13.3. The zero-order valence-corrected chi connectivity index (χ0v) is 17.0. The molecule has 0 bridgehead atoms. The maximum Gasteiger partial charge on any atom is 0.260 e. The Morgan fingerprint density at radius 2 is 2.10 bits per heavy atom. The zero-order chi connectivity index (χ0) is 20.4. The first-order chi connectivity index (χ1) is 14.1. The van der Waals surface area contributed by atoms with Gasteiger partial charge in [-0.2, -0.15) is 0 Å². The third-order valence-corrected chi connectivity index (χ3v) is 5.96. The SMILES string of the molecule is C=N/C=C\C(=C)c1csc2ccn(C(C)Cc3ccc4ccccc4n3)c(=O)c12. The monoisotopic (exact) mass is 399 g/mol. The van der Waals surface area contributed by atoms with E-state index in [-0.39, 0.29) is 11.6 Å². The van der Waals surface area contributed by atoms with Crippen molar-refractivity contribution in [1.29, 1.82) is 0 Å². The number of hydrogen-bond donors (Lipinski definition) is 0. The first-order valence-electron chi connectivity index (χ1n) is 9.37. The van der Waals surface area contributed by atoms with Crippen LogP contribution in [0.1, 0.15) is 24.2 Å². The van der Waals surface area contributed by atoms with Crippen molar-refractivity contribution >= 4 is 44.6 Å². The van der Waals surface area contributed by atoms with E-state index in [0.29, 0.717) is 11.8 Å². The molecule has 0 aliphatic carbocycles. The van der Waals surface area contributed by atoms with Crippen molar-refractivity contribution in [2.75, 3.05) is 0 Å². The number of fused-ring (bicyclic) bond motifs is 2. The van der Waals surface area contributed by atoms with Crippen LogP contribution in [0.2, 0.25) is 0 Å². The normalized spacial score (nSPS) is 12.6. The number of allylic oxidation sites excluding steroid dienone is 2. The van der Waals surface area contributed by atoms with Crippen LogP contribution in [0.5, 0.6) is 0 Å². The van der Waals surface area contributed by atoms with Crippen molar-refractivity contribution < 1.29 is 0 Å². The lowest BCUT2D eigenvalue weighted by molar-refractivity contribution is 0.525. The summed E-state index contributed by atoms with van der Waals surface area (Å²) >= 11 is 1.55. The van der Waals surface area contributed by atoms with Gasteiger partial charge >= 0.3 is 0 Å². The molecule has 0 saturated heterocycles. The van der Waals surface area contributed by atoms with Gasteiger partial charge in [0.25, 0.3) is 5.56 Å². The summed E-state index contributed by atoms with van der Waals surface area (Å²) < 4.78 is 2.75. The second-order valence-electron chi connectivity index (χ2n) is 6.99. The number of aromatic nitrogens is 2. The quantitative estimate of drug-likeness (QED) is 0.311. The van der Waals surface area contributed by atoms with Gasteiger partial charge in [-0.1, -0.05) is 30.8 Å². The van der Waals surface area contributed by atoms with Gasteiger partial charge in [0.15, 0.2) is 0 Å². The minimum atomic E-state index is -0.0213. The average molecular weight is 400 g/mol. The third-order valence-electron chi connectivity index (χ3n) is 5.02. The van der Waals surface area contributed by atoms with Crippen LogP contribution in [0.25, 0.3) is 26.6 Å². The lowest BCUT2D eigenvalue weighted by Gasteiger charge is -2.15. The lowest BCUT2D eigenvalue weighted by Crippen LogP contribution is -2.24. The van der Waals surface area contributed by atoms with Crippen LogP contribution >= 0.6 is 11.3 Å². The number of benzene rings is 1. The van der Waals surface area contributed by atoms with Crippen molar-refractivity contribution in [3.63, 3.8) is 0 Å². The van der Waals surface area contributed by atoms with Gasteiger partial charge in [-0.3, -0.25) is 14.8 Å². The third kappa shape index (κ3) is 3.69. The summed E-state index contributed by atoms with van der Waals surface area (Å²) in [5.74, 6) is 0. The average Bonchev–Trinajstić information content (AvgIpc) is 3.17. The Labute approximate surface area is 173 Å². The molecule has 5 heteroatoms. The first kappa shape index (κ1) is 19.0. The number of rotatable bonds is 6. The van der Waals surface area contributed by atoms with Crippen LogP contribution in [0.15, 0.2) is 82.7 Å². The van der Waals surface area contributed by atoms with Crippen LogP contribution in [-0.4, -0.2) is 16.3 Å². The molecule has 1 aromatic carbocycles. The van der Waals surface area contributed by atoms with Crippen molar-refractivity contribution in [3.05, 3.63) is 94.5 Å². The summed E-state index contributed by atoms with van der Waals surface area (Å²) in [5, 5.41) is 3.79. The summed E-state index contributed by atoms with van der Waals surface area (Å²) in [7, 11) is 0. The van der Waals surface area contributed by atoms with E-state index in [4.69, 9.17) is 4.98 Å². The molecular weight excluding hydrogens is 378 g/mol. The summed E-state index contributed by atoms with van der Waals surface area (Å²) in [6.45, 7) is 9.56. The molecule has 144 valence electrons. The molecule has 4 nitrogen and oxygen atoms in total. The molecule has 3 heterocycles. The van der Waals surface area contributed by atoms with Crippen LogP contribution in [-0.2, 0) is 6.42 Å². The molecule has 29 heavy (non-hydrogen) atoms. The number of hydrogen-bond acceptors (Lipinski definition) is 4. The van der Waals surface area contributed by atoms with Crippen molar-refractivity contribution in [2.24, 2.45) is 4.99 Å². The second-order valence-corrected chi connectivity index (χ2v) is 7.90. The predicted octanol–water partition coefficient (Wildman–Crippen LogP) is 5.64. The fourth-order valence-electron chi connectivity index (χ4n) is 3.50. The summed E-state index contributed by atoms with van der Waals surface area (Å²) in [6, 6.07) is 14.1. The van der Waals surface area contributed by atoms with E-state index < -0.39 is 0 Å². The minimum Gasteiger partial charge on any atom is -0.312 e. The van der Waals surface area contributed by atoms with E-state index in [1.165, 1.54) is 0 Å². The van der Waals surface area contributed by atoms with E-state index >= 15 is 0 Å². The molecule has 0 aliphatic heterocycles. The van der Waals surface area contributed by atoms with Gasteiger partial charge in [-0.05, 0) is 48.9 Å². The van der Waals surface area contributed by atoms with Gasteiger partial charge in [0, 0.05) is 46.2 Å². The molecule has 4 rings (SSSR count). The number of nitrogens with zero attached hydrogens (tertiary/aromatic N) is 3. The van der Waals surface area contributed by atoms with Gasteiger partial charge in [0.1, 0.15) is 0 Å². The van der Waals surface area contributed by atoms with Crippen LogP contribution in [0, 0.1) is 0 Å². The van der Waals surface area contributed by atoms with E-state index in [1.807, 2.05) is 48.8 Å². The van der Waals surface area contributed by atoms with Gasteiger partial charge < -0.3 is 4.57 Å². The van der Waals surface area contributed by atoms with E-state index in [2.05, 4.69) is 30.4 Å². The highest BCUT2D eigenvalue weighted by Gasteiger charge is 2.15. The molecule has 4 aromatic rings. The first-order valence-corrected chi connectivity index (χ1v) is 10.2. The van der Waals surface area contributed by atoms with Gasteiger partial charge in [0.05, 0.1) is 10.9 Å². The van der Waals surface area contributed by atoms with Crippen molar-refractivity contribution in [2.45, 2.75) is 19.4 Å². The summed E-state index contributed by atoms with van der Waals surface area (Å²) in [6.07, 6.45) is 5.91. The van der Waals surface area contributed by atoms with Crippen LogP contribution in [0.3, 0.4) is 0 Å². The highest BCUT2D eigenvalue weighted by Crippen LogP contribution is 2.29. The fourth-order valence-corrected chi connectivity index (χ4v) is 4.47. The largest absolute Gasteiger partial charge is 0.312 e. The highest BCUT2D eigenvalue weighted by atomic mass is 32.1. The Morgan fingerprint density at radius 3 is 2.93 bits per heavy atom. The standard InChI is InChI=1S/C24H21N3OS/c1-16(10-12-25-3)20-15-29-22-11-13-27(24(28)23(20)22)17(2)14-19-9-8-18-6-4-5-7-21(18)26-19/h4-13,15,17H,1,3,14H2,2H3/b12-10-. The molecule has 0 saturated carbocycles. The van der Waals surface area contributed by atoms with Gasteiger partial charge in [0.2, 0.25) is 0 Å². The van der Waals surface area contributed by atoms with E-state index in [9.17, 15) is 4.79 Å². The molecule has 0 spiro atoms. The molecular formula is C24H21N3OS. The molecule has 3 aromatic heterocycles. The van der Waals surface area contributed by atoms with Crippen molar-refractivity contribution in [1.82, 2.24) is 9.55 Å².